The van der Waals surface area contributed by atoms with Crippen LogP contribution in [0, 0.1) is 11.3 Å². The quantitative estimate of drug-likeness (QED) is 0.184. The highest BCUT2D eigenvalue weighted by molar-refractivity contribution is 6.10. The SMILES string of the molecule is N#Cc1cccc(C2=CC(Nc3ccccc3C3=CC(c4ccc5c(c4)c4ccccc4n5-c4cccc(-c5ccccc5)c4)=CCC3)CC=C2)c1. The second-order valence-corrected chi connectivity index (χ2v) is 13.6. The van der Waals surface area contributed by atoms with Gasteiger partial charge in [0.25, 0.3) is 0 Å². The topological polar surface area (TPSA) is 40.8 Å². The average molecular weight is 668 g/mol. The highest BCUT2D eigenvalue weighted by Crippen LogP contribution is 2.39. The third-order valence-corrected chi connectivity index (χ3v) is 10.3. The molecule has 6 aromatic carbocycles. The molecule has 0 radical (unpaired) electrons. The van der Waals surface area contributed by atoms with Gasteiger partial charge in [-0.3, -0.25) is 0 Å². The van der Waals surface area contributed by atoms with Gasteiger partial charge in [0.1, 0.15) is 0 Å². The van der Waals surface area contributed by atoms with Crippen molar-refractivity contribution in [1.82, 2.24) is 4.57 Å². The molecule has 0 spiro atoms. The van der Waals surface area contributed by atoms with Crippen LogP contribution in [0.5, 0.6) is 0 Å². The van der Waals surface area contributed by atoms with Gasteiger partial charge >= 0.3 is 0 Å². The van der Waals surface area contributed by atoms with Gasteiger partial charge in [-0.2, -0.15) is 5.26 Å². The van der Waals surface area contributed by atoms with E-state index in [1.165, 1.54) is 55.2 Å². The average Bonchev–Trinajstić information content (AvgIpc) is 3.55. The van der Waals surface area contributed by atoms with Gasteiger partial charge in [0.2, 0.25) is 0 Å². The normalized spacial score (nSPS) is 15.5. The summed E-state index contributed by atoms with van der Waals surface area (Å²) in [4.78, 5) is 0. The summed E-state index contributed by atoms with van der Waals surface area (Å²) in [5.41, 5.74) is 15.1. The number of nitriles is 1. The summed E-state index contributed by atoms with van der Waals surface area (Å²) < 4.78 is 2.40. The predicted octanol–water partition coefficient (Wildman–Crippen LogP) is 12.4. The summed E-state index contributed by atoms with van der Waals surface area (Å²) in [5.74, 6) is 0. The second-order valence-electron chi connectivity index (χ2n) is 13.6. The van der Waals surface area contributed by atoms with E-state index < -0.39 is 0 Å². The van der Waals surface area contributed by atoms with E-state index in [0.717, 1.165) is 41.8 Å². The van der Waals surface area contributed by atoms with Crippen LogP contribution in [0.3, 0.4) is 0 Å². The minimum absolute atomic E-state index is 0.152. The Bertz CT molecular complexity index is 2640. The molecule has 2 aliphatic rings. The van der Waals surface area contributed by atoms with Crippen molar-refractivity contribution in [1.29, 1.82) is 5.26 Å². The van der Waals surface area contributed by atoms with Crippen molar-refractivity contribution in [2.45, 2.75) is 25.3 Å². The first-order valence-corrected chi connectivity index (χ1v) is 18.1. The minimum atomic E-state index is 0.152. The van der Waals surface area contributed by atoms with Crippen molar-refractivity contribution in [3.05, 3.63) is 198 Å². The Labute approximate surface area is 304 Å². The lowest BCUT2D eigenvalue weighted by Gasteiger charge is -2.23. The molecule has 1 atom stereocenters. The number of fused-ring (bicyclic) bond motifs is 3. The zero-order chi connectivity index (χ0) is 34.9. The molecular weight excluding hydrogens is 631 g/mol. The molecular formula is C49H37N3. The van der Waals surface area contributed by atoms with E-state index in [4.69, 9.17) is 0 Å². The summed E-state index contributed by atoms with van der Waals surface area (Å²) in [6.45, 7) is 0. The summed E-state index contributed by atoms with van der Waals surface area (Å²) in [6.07, 6.45) is 14.4. The van der Waals surface area contributed by atoms with Gasteiger partial charge < -0.3 is 9.88 Å². The molecule has 248 valence electrons. The Morgan fingerprint density at radius 1 is 0.635 bits per heavy atom. The number of hydrogen-bond donors (Lipinski definition) is 1. The fourth-order valence-electron chi connectivity index (χ4n) is 7.83. The Kier molecular flexibility index (Phi) is 8.19. The largest absolute Gasteiger partial charge is 0.378 e. The van der Waals surface area contributed by atoms with Gasteiger partial charge in [0.05, 0.1) is 22.7 Å². The van der Waals surface area contributed by atoms with Gasteiger partial charge in [-0.15, -0.1) is 0 Å². The number of allylic oxidation sites excluding steroid dienone is 6. The molecule has 3 nitrogen and oxygen atoms in total. The predicted molar refractivity (Wildman–Crippen MR) is 218 cm³/mol. The molecule has 9 rings (SSSR count). The third kappa shape index (κ3) is 5.95. The van der Waals surface area contributed by atoms with Crippen molar-refractivity contribution in [2.75, 3.05) is 5.32 Å². The van der Waals surface area contributed by atoms with E-state index in [1.807, 2.05) is 18.2 Å². The standard InChI is InChI=1S/C49H37N3/c50-33-34-12-8-15-36(28-34)38-17-10-20-42(30-38)51-47-24-6-4-22-44(47)41-19-9-16-37(29-41)40-26-27-49-46(32-40)45-23-5-7-25-48(45)52(49)43-21-11-18-39(31-43)35-13-2-1-3-14-35/h1-8,10-18,21-32,42,51H,9,19-20H2. The zero-order valence-corrected chi connectivity index (χ0v) is 28.8. The Morgan fingerprint density at radius 3 is 2.33 bits per heavy atom. The molecule has 0 saturated carbocycles. The number of aromatic nitrogens is 1. The highest BCUT2D eigenvalue weighted by Gasteiger charge is 2.18. The lowest BCUT2D eigenvalue weighted by Crippen LogP contribution is -2.19. The Balaban J connectivity index is 1.04. The number of nitrogens with zero attached hydrogens (tertiary/aromatic N) is 2. The molecule has 0 saturated heterocycles. The first kappa shape index (κ1) is 31.4. The number of rotatable bonds is 7. The minimum Gasteiger partial charge on any atom is -0.378 e. The Morgan fingerprint density at radius 2 is 1.40 bits per heavy atom. The fourth-order valence-corrected chi connectivity index (χ4v) is 7.83. The van der Waals surface area contributed by atoms with Crippen LogP contribution >= 0.6 is 0 Å². The van der Waals surface area contributed by atoms with Gasteiger partial charge in [0.15, 0.2) is 0 Å². The number of benzene rings is 6. The molecule has 0 bridgehead atoms. The summed E-state index contributed by atoms with van der Waals surface area (Å²) in [5, 5.41) is 15.8. The molecule has 1 heterocycles. The van der Waals surface area contributed by atoms with E-state index in [-0.39, 0.29) is 6.04 Å². The monoisotopic (exact) mass is 667 g/mol. The smallest absolute Gasteiger partial charge is 0.0991 e. The molecule has 1 N–H and O–H groups in total. The summed E-state index contributed by atoms with van der Waals surface area (Å²) in [7, 11) is 0. The second kappa shape index (κ2) is 13.6. The van der Waals surface area contributed by atoms with Crippen LogP contribution in [-0.2, 0) is 0 Å². The van der Waals surface area contributed by atoms with Gasteiger partial charge in [0, 0.05) is 33.8 Å². The van der Waals surface area contributed by atoms with Crippen molar-refractivity contribution in [2.24, 2.45) is 0 Å². The molecule has 0 fully saturated rings. The van der Waals surface area contributed by atoms with Gasteiger partial charge in [-0.1, -0.05) is 127 Å². The first-order chi connectivity index (χ1) is 25.7. The first-order valence-electron chi connectivity index (χ1n) is 18.1. The molecule has 0 amide bonds. The van der Waals surface area contributed by atoms with Crippen LogP contribution in [0.1, 0.15) is 41.5 Å². The number of anilines is 1. The van der Waals surface area contributed by atoms with E-state index in [9.17, 15) is 5.26 Å². The maximum absolute atomic E-state index is 9.42. The maximum atomic E-state index is 9.42. The van der Waals surface area contributed by atoms with Crippen LogP contribution in [0.15, 0.2) is 176 Å². The lowest BCUT2D eigenvalue weighted by atomic mass is 9.89. The van der Waals surface area contributed by atoms with Gasteiger partial charge in [-0.25, -0.2) is 0 Å². The molecule has 1 aromatic heterocycles. The summed E-state index contributed by atoms with van der Waals surface area (Å²) >= 11 is 0. The Hall–Kier alpha value is -6.63. The molecule has 2 aliphatic carbocycles. The molecule has 7 aromatic rings. The molecule has 3 heteroatoms. The molecule has 1 unspecified atom stereocenters. The van der Waals surface area contributed by atoms with E-state index in [2.05, 4.69) is 174 Å². The molecule has 52 heavy (non-hydrogen) atoms. The summed E-state index contributed by atoms with van der Waals surface area (Å²) in [6, 6.07) is 54.2. The van der Waals surface area contributed by atoms with Crippen LogP contribution in [0.2, 0.25) is 0 Å². The number of para-hydroxylation sites is 2. The maximum Gasteiger partial charge on any atom is 0.0991 e. The molecule has 0 aliphatic heterocycles. The van der Waals surface area contributed by atoms with Crippen LogP contribution in [0.4, 0.5) is 5.69 Å². The van der Waals surface area contributed by atoms with Crippen LogP contribution in [-0.4, -0.2) is 10.6 Å². The van der Waals surface area contributed by atoms with Crippen LogP contribution in [0.25, 0.3) is 55.3 Å². The van der Waals surface area contributed by atoms with E-state index in [1.54, 1.807) is 0 Å². The van der Waals surface area contributed by atoms with Crippen molar-refractivity contribution >= 4 is 44.2 Å². The number of hydrogen-bond acceptors (Lipinski definition) is 2. The van der Waals surface area contributed by atoms with E-state index in [0.29, 0.717) is 5.56 Å². The number of nitrogens with one attached hydrogen (secondary N) is 1. The lowest BCUT2D eigenvalue weighted by molar-refractivity contribution is 0.885. The zero-order valence-electron chi connectivity index (χ0n) is 28.8. The highest BCUT2D eigenvalue weighted by atomic mass is 15.0. The fraction of sp³-hybridized carbons (Fsp3) is 0.0816. The van der Waals surface area contributed by atoms with Crippen LogP contribution < -0.4 is 5.32 Å². The van der Waals surface area contributed by atoms with Crippen molar-refractivity contribution in [3.8, 4) is 22.9 Å². The third-order valence-electron chi connectivity index (χ3n) is 10.3. The van der Waals surface area contributed by atoms with E-state index >= 15 is 0 Å². The van der Waals surface area contributed by atoms with Crippen molar-refractivity contribution in [3.63, 3.8) is 0 Å². The van der Waals surface area contributed by atoms with Crippen molar-refractivity contribution < 1.29 is 0 Å². The van der Waals surface area contributed by atoms with Gasteiger partial charge in [-0.05, 0) is 107 Å².